The van der Waals surface area contributed by atoms with Crippen molar-refractivity contribution in [3.63, 3.8) is 0 Å². The van der Waals surface area contributed by atoms with Gasteiger partial charge in [-0.3, -0.25) is 4.79 Å². The molecule has 0 bridgehead atoms. The first kappa shape index (κ1) is 19.9. The summed E-state index contributed by atoms with van der Waals surface area (Å²) in [5.41, 5.74) is 3.59. The molecule has 0 spiro atoms. The maximum Gasteiger partial charge on any atom is 0.319 e. The van der Waals surface area contributed by atoms with Gasteiger partial charge in [-0.25, -0.2) is 9.78 Å². The van der Waals surface area contributed by atoms with E-state index < -0.39 is 0 Å². The normalized spacial score (nSPS) is 15.0. The lowest BCUT2D eigenvalue weighted by atomic mass is 10.0. The molecule has 1 unspecified atom stereocenters. The lowest BCUT2D eigenvalue weighted by Crippen LogP contribution is -2.35. The lowest BCUT2D eigenvalue weighted by molar-refractivity contribution is -0.128. The van der Waals surface area contributed by atoms with Crippen LogP contribution >= 0.6 is 0 Å². The molecule has 2 heterocycles. The zero-order valence-electron chi connectivity index (χ0n) is 17.3. The van der Waals surface area contributed by atoms with Gasteiger partial charge < -0.3 is 20.5 Å². The topological polar surface area (TPSA) is 90.1 Å². The van der Waals surface area contributed by atoms with Crippen molar-refractivity contribution in [1.29, 1.82) is 0 Å². The van der Waals surface area contributed by atoms with Gasteiger partial charge in [0.2, 0.25) is 5.91 Å². The van der Waals surface area contributed by atoms with Crippen LogP contribution in [0.4, 0.5) is 10.5 Å². The molecule has 7 heteroatoms. The quantitative estimate of drug-likeness (QED) is 0.574. The standard InChI is InChI=1S/C23H27N5O2/c1-15(2)21(22-25-18-6-3-4-7-19(18)26-22)27-23(30)24-17-11-9-16(10-12-17)14-28-13-5-8-20(28)29/h3-4,6-7,9-12,15,21H,5,8,13-14H2,1-2H3,(H,25,26)(H2,24,27,30). The second-order valence-corrected chi connectivity index (χ2v) is 8.08. The van der Waals surface area contributed by atoms with Gasteiger partial charge in [0, 0.05) is 25.2 Å². The minimum Gasteiger partial charge on any atom is -0.340 e. The largest absolute Gasteiger partial charge is 0.340 e. The highest BCUT2D eigenvalue weighted by Crippen LogP contribution is 2.22. The number of fused-ring (bicyclic) bond motifs is 1. The Morgan fingerprint density at radius 2 is 1.93 bits per heavy atom. The number of urea groups is 1. The van der Waals surface area contributed by atoms with Gasteiger partial charge in [-0.15, -0.1) is 0 Å². The second kappa shape index (κ2) is 8.57. The van der Waals surface area contributed by atoms with E-state index in [0.29, 0.717) is 18.7 Å². The molecule has 1 atom stereocenters. The molecular formula is C23H27N5O2. The zero-order valence-corrected chi connectivity index (χ0v) is 17.3. The Labute approximate surface area is 175 Å². The van der Waals surface area contributed by atoms with Crippen LogP contribution in [0.3, 0.4) is 0 Å². The Kier molecular flexibility index (Phi) is 5.70. The van der Waals surface area contributed by atoms with E-state index in [0.717, 1.165) is 35.4 Å². The van der Waals surface area contributed by atoms with E-state index in [4.69, 9.17) is 0 Å². The van der Waals surface area contributed by atoms with Crippen LogP contribution in [0.5, 0.6) is 0 Å². The number of hydrogen-bond donors (Lipinski definition) is 3. The monoisotopic (exact) mass is 405 g/mol. The van der Waals surface area contributed by atoms with Crippen LogP contribution in [0.15, 0.2) is 48.5 Å². The van der Waals surface area contributed by atoms with Crippen molar-refractivity contribution in [3.8, 4) is 0 Å². The number of carbonyl (C=O) groups excluding carboxylic acids is 2. The number of para-hydroxylation sites is 2. The van der Waals surface area contributed by atoms with E-state index >= 15 is 0 Å². The van der Waals surface area contributed by atoms with Gasteiger partial charge in [0.15, 0.2) is 0 Å². The molecule has 3 amide bonds. The third kappa shape index (κ3) is 4.45. The molecule has 7 nitrogen and oxygen atoms in total. The summed E-state index contributed by atoms with van der Waals surface area (Å²) in [5, 5.41) is 5.91. The number of imidazole rings is 1. The minimum absolute atomic E-state index is 0.164. The van der Waals surface area contributed by atoms with E-state index in [-0.39, 0.29) is 23.9 Å². The van der Waals surface area contributed by atoms with Gasteiger partial charge in [-0.2, -0.15) is 0 Å². The highest BCUT2D eigenvalue weighted by Gasteiger charge is 2.22. The maximum atomic E-state index is 12.6. The number of nitrogens with zero attached hydrogens (tertiary/aromatic N) is 2. The van der Waals surface area contributed by atoms with E-state index in [1.54, 1.807) is 0 Å². The third-order valence-corrected chi connectivity index (χ3v) is 5.41. The number of carbonyl (C=O) groups is 2. The smallest absolute Gasteiger partial charge is 0.319 e. The van der Waals surface area contributed by atoms with E-state index in [2.05, 4.69) is 20.6 Å². The number of aromatic nitrogens is 2. The number of nitrogens with one attached hydrogen (secondary N) is 3. The van der Waals surface area contributed by atoms with Gasteiger partial charge in [-0.05, 0) is 42.2 Å². The average Bonchev–Trinajstić information content (AvgIpc) is 3.33. The van der Waals surface area contributed by atoms with Crippen LogP contribution in [0, 0.1) is 5.92 Å². The second-order valence-electron chi connectivity index (χ2n) is 8.08. The molecular weight excluding hydrogens is 378 g/mol. The molecule has 1 saturated heterocycles. The molecule has 4 rings (SSSR count). The summed E-state index contributed by atoms with van der Waals surface area (Å²) in [6.07, 6.45) is 1.57. The fourth-order valence-corrected chi connectivity index (χ4v) is 3.76. The van der Waals surface area contributed by atoms with Gasteiger partial charge in [0.25, 0.3) is 0 Å². The van der Waals surface area contributed by atoms with Crippen molar-refractivity contribution in [2.45, 2.75) is 39.3 Å². The summed E-state index contributed by atoms with van der Waals surface area (Å²) >= 11 is 0. The molecule has 156 valence electrons. The predicted octanol–water partition coefficient (Wildman–Crippen LogP) is 4.20. The van der Waals surface area contributed by atoms with Crippen molar-refractivity contribution in [3.05, 3.63) is 59.9 Å². The van der Waals surface area contributed by atoms with Crippen molar-refractivity contribution in [2.24, 2.45) is 5.92 Å². The van der Waals surface area contributed by atoms with Gasteiger partial charge >= 0.3 is 6.03 Å². The summed E-state index contributed by atoms with van der Waals surface area (Å²) in [6, 6.07) is 14.9. The molecule has 3 aromatic rings. The Hall–Kier alpha value is -3.35. The van der Waals surface area contributed by atoms with E-state index in [1.165, 1.54) is 0 Å². The number of hydrogen-bond acceptors (Lipinski definition) is 3. The highest BCUT2D eigenvalue weighted by molar-refractivity contribution is 5.89. The Balaban J connectivity index is 1.39. The first-order valence-electron chi connectivity index (χ1n) is 10.4. The lowest BCUT2D eigenvalue weighted by Gasteiger charge is -2.21. The number of likely N-dealkylation sites (tertiary alicyclic amines) is 1. The van der Waals surface area contributed by atoms with Crippen molar-refractivity contribution >= 4 is 28.7 Å². The van der Waals surface area contributed by atoms with E-state index in [1.807, 2.05) is 67.3 Å². The molecule has 2 aromatic carbocycles. The maximum absolute atomic E-state index is 12.6. The fourth-order valence-electron chi connectivity index (χ4n) is 3.76. The van der Waals surface area contributed by atoms with Crippen LogP contribution in [0.25, 0.3) is 11.0 Å². The first-order chi connectivity index (χ1) is 14.5. The van der Waals surface area contributed by atoms with E-state index in [9.17, 15) is 9.59 Å². The minimum atomic E-state index is -0.281. The first-order valence-corrected chi connectivity index (χ1v) is 10.4. The van der Waals surface area contributed by atoms with Crippen molar-refractivity contribution in [2.75, 3.05) is 11.9 Å². The Morgan fingerprint density at radius 3 is 2.60 bits per heavy atom. The van der Waals surface area contributed by atoms with Gasteiger partial charge in [0.05, 0.1) is 17.1 Å². The zero-order chi connectivity index (χ0) is 21.1. The number of amides is 3. The molecule has 0 aliphatic carbocycles. The molecule has 1 aliphatic heterocycles. The summed E-state index contributed by atoms with van der Waals surface area (Å²) < 4.78 is 0. The Bertz CT molecular complexity index is 1010. The molecule has 1 aromatic heterocycles. The van der Waals surface area contributed by atoms with Crippen molar-refractivity contribution < 1.29 is 9.59 Å². The molecule has 1 aliphatic rings. The number of aromatic amines is 1. The van der Waals surface area contributed by atoms with Crippen LogP contribution in [-0.2, 0) is 11.3 Å². The number of H-pyrrole nitrogens is 1. The average molecular weight is 406 g/mol. The number of anilines is 1. The number of benzene rings is 2. The molecule has 3 N–H and O–H groups in total. The number of rotatable bonds is 6. The molecule has 0 radical (unpaired) electrons. The summed E-state index contributed by atoms with van der Waals surface area (Å²) in [5.74, 6) is 1.12. The van der Waals surface area contributed by atoms with Crippen LogP contribution < -0.4 is 10.6 Å². The fraction of sp³-hybridized carbons (Fsp3) is 0.348. The molecule has 30 heavy (non-hydrogen) atoms. The van der Waals surface area contributed by atoms with Crippen LogP contribution in [0.2, 0.25) is 0 Å². The predicted molar refractivity (Wildman–Crippen MR) is 117 cm³/mol. The van der Waals surface area contributed by atoms with Gasteiger partial charge in [-0.1, -0.05) is 38.1 Å². The SMILES string of the molecule is CC(C)C(NC(=O)Nc1ccc(CN2CCCC2=O)cc1)c1nc2ccccc2[nH]1. The van der Waals surface area contributed by atoms with Crippen LogP contribution in [-0.4, -0.2) is 33.4 Å². The third-order valence-electron chi connectivity index (χ3n) is 5.41. The summed E-state index contributed by atoms with van der Waals surface area (Å²) in [4.78, 5) is 34.2. The highest BCUT2D eigenvalue weighted by atomic mass is 16.2. The molecule has 1 fully saturated rings. The summed E-state index contributed by atoms with van der Waals surface area (Å²) in [7, 11) is 0. The van der Waals surface area contributed by atoms with Crippen LogP contribution in [0.1, 0.15) is 44.1 Å². The summed E-state index contributed by atoms with van der Waals surface area (Å²) in [6.45, 7) is 5.53. The van der Waals surface area contributed by atoms with Gasteiger partial charge in [0.1, 0.15) is 5.82 Å². The van der Waals surface area contributed by atoms with Crippen molar-refractivity contribution in [1.82, 2.24) is 20.2 Å². The molecule has 0 saturated carbocycles. The Morgan fingerprint density at radius 1 is 1.17 bits per heavy atom.